The molecule has 0 aliphatic carbocycles. The highest BCUT2D eigenvalue weighted by Crippen LogP contribution is 2.30. The van der Waals surface area contributed by atoms with Crippen molar-refractivity contribution >= 4 is 24.0 Å². The minimum absolute atomic E-state index is 0.0820. The van der Waals surface area contributed by atoms with Crippen LogP contribution in [0.5, 0.6) is 11.5 Å². The fourth-order valence-corrected chi connectivity index (χ4v) is 4.70. The average molecular weight is 625 g/mol. The van der Waals surface area contributed by atoms with Crippen molar-refractivity contribution in [1.29, 1.82) is 0 Å². The van der Waals surface area contributed by atoms with Crippen LogP contribution in [0.3, 0.4) is 0 Å². The Kier molecular flexibility index (Phi) is 11.4. The van der Waals surface area contributed by atoms with Crippen LogP contribution in [0.4, 0.5) is 9.59 Å². The van der Waals surface area contributed by atoms with Crippen molar-refractivity contribution in [3.63, 3.8) is 0 Å². The van der Waals surface area contributed by atoms with Gasteiger partial charge in [0.15, 0.2) is 0 Å². The quantitative estimate of drug-likeness (QED) is 0.139. The number of carbonyl (C=O) groups is 4. The van der Waals surface area contributed by atoms with E-state index < -0.39 is 36.1 Å². The fourth-order valence-electron chi connectivity index (χ4n) is 4.70. The number of ether oxygens (including phenoxy) is 6. The molecule has 2 heterocycles. The van der Waals surface area contributed by atoms with Crippen molar-refractivity contribution < 1.29 is 47.6 Å². The summed E-state index contributed by atoms with van der Waals surface area (Å²) < 4.78 is 31.9. The van der Waals surface area contributed by atoms with Gasteiger partial charge in [-0.05, 0) is 49.2 Å². The minimum Gasteiger partial charge on any atom is -0.460 e. The lowest BCUT2D eigenvalue weighted by atomic mass is 9.95. The standard InChI is InChI=1S/C31H36N4O10/c1-18-24(28(36)42-15-13-40-3)26(34-30(38)32-18)20-5-9-22(10-6-20)44-17-45-23-11-7-21(8-12-23)27-25(19(2)33-31(39)35-27)29(37)43-16-14-41-4/h5-12,26-27H,13-17H2,1-4H3,(H2,32,34,38)(H2,33,35,39). The number of benzene rings is 2. The zero-order valence-electron chi connectivity index (χ0n) is 25.4. The molecule has 2 aromatic rings. The lowest BCUT2D eigenvalue weighted by Crippen LogP contribution is -2.45. The number of carbonyl (C=O) groups excluding carboxylic acids is 4. The topological polar surface area (TPSA) is 172 Å². The number of urea groups is 2. The summed E-state index contributed by atoms with van der Waals surface area (Å²) in [5, 5.41) is 10.7. The third-order valence-corrected chi connectivity index (χ3v) is 6.90. The van der Waals surface area contributed by atoms with Gasteiger partial charge in [0.25, 0.3) is 0 Å². The number of esters is 2. The number of methoxy groups -OCH3 is 2. The number of allylic oxidation sites excluding steroid dienone is 2. The molecule has 2 aliphatic heterocycles. The van der Waals surface area contributed by atoms with Gasteiger partial charge in [-0.25, -0.2) is 19.2 Å². The molecule has 14 nitrogen and oxygen atoms in total. The van der Waals surface area contributed by atoms with E-state index in [0.717, 1.165) is 0 Å². The van der Waals surface area contributed by atoms with Crippen molar-refractivity contribution in [2.24, 2.45) is 0 Å². The molecule has 14 heteroatoms. The lowest BCUT2D eigenvalue weighted by Gasteiger charge is -2.28. The van der Waals surface area contributed by atoms with Gasteiger partial charge >= 0.3 is 24.0 Å². The van der Waals surface area contributed by atoms with Gasteiger partial charge in [0.2, 0.25) is 6.79 Å². The van der Waals surface area contributed by atoms with Gasteiger partial charge in [-0.15, -0.1) is 0 Å². The predicted octanol–water partition coefficient (Wildman–Crippen LogP) is 2.74. The van der Waals surface area contributed by atoms with E-state index >= 15 is 0 Å². The van der Waals surface area contributed by atoms with E-state index in [2.05, 4.69) is 21.3 Å². The first-order chi connectivity index (χ1) is 21.7. The van der Waals surface area contributed by atoms with Crippen molar-refractivity contribution in [3.05, 3.63) is 82.2 Å². The lowest BCUT2D eigenvalue weighted by molar-refractivity contribution is -0.141. The minimum atomic E-state index is -0.714. The molecule has 0 saturated carbocycles. The Hall–Kier alpha value is -5.08. The van der Waals surface area contributed by atoms with E-state index in [9.17, 15) is 19.2 Å². The third kappa shape index (κ3) is 8.52. The molecule has 4 N–H and O–H groups in total. The summed E-state index contributed by atoms with van der Waals surface area (Å²) in [6.07, 6.45) is 0. The highest BCUT2D eigenvalue weighted by molar-refractivity contribution is 5.95. The Morgan fingerprint density at radius 3 is 1.36 bits per heavy atom. The Labute approximate surface area is 260 Å². The van der Waals surface area contributed by atoms with Crippen LogP contribution in [-0.2, 0) is 28.5 Å². The number of nitrogens with one attached hydrogen (secondary N) is 4. The van der Waals surface area contributed by atoms with Crippen molar-refractivity contribution in [2.45, 2.75) is 25.9 Å². The van der Waals surface area contributed by atoms with Gasteiger partial charge in [0.05, 0.1) is 36.4 Å². The maximum absolute atomic E-state index is 12.7. The first-order valence-corrected chi connectivity index (χ1v) is 14.1. The number of hydrogen-bond donors (Lipinski definition) is 4. The van der Waals surface area contributed by atoms with Crippen LogP contribution in [-0.4, -0.2) is 71.4 Å². The molecule has 2 aromatic carbocycles. The molecule has 2 unspecified atom stereocenters. The van der Waals surface area contributed by atoms with Crippen LogP contribution in [0.1, 0.15) is 37.1 Å². The van der Waals surface area contributed by atoms with E-state index in [1.54, 1.807) is 62.4 Å². The molecule has 240 valence electrons. The maximum Gasteiger partial charge on any atom is 0.338 e. The van der Waals surface area contributed by atoms with Crippen LogP contribution in [0.2, 0.25) is 0 Å². The van der Waals surface area contributed by atoms with Gasteiger partial charge < -0.3 is 49.7 Å². The number of amides is 4. The molecule has 0 bridgehead atoms. The van der Waals surface area contributed by atoms with E-state index in [1.807, 2.05) is 0 Å². The summed E-state index contributed by atoms with van der Waals surface area (Å²) >= 11 is 0. The van der Waals surface area contributed by atoms with Gasteiger partial charge in [-0.2, -0.15) is 0 Å². The van der Waals surface area contributed by atoms with Gasteiger partial charge in [0.1, 0.15) is 24.7 Å². The molecule has 2 aliphatic rings. The molecule has 2 atom stereocenters. The molecular formula is C31H36N4O10. The SMILES string of the molecule is COCCOC(=O)C1=C(C)NC(=O)NC1c1ccc(OCOc2ccc(C3NC(=O)NC(C)=C3C(=O)OCCOC)cc2)cc1. The highest BCUT2D eigenvalue weighted by Gasteiger charge is 2.33. The van der Waals surface area contributed by atoms with Gasteiger partial charge in [-0.3, -0.25) is 0 Å². The molecule has 4 rings (SSSR count). The molecule has 4 amide bonds. The smallest absolute Gasteiger partial charge is 0.338 e. The molecular weight excluding hydrogens is 588 g/mol. The largest absolute Gasteiger partial charge is 0.460 e. The van der Waals surface area contributed by atoms with E-state index in [0.29, 0.717) is 34.0 Å². The Bertz CT molecular complexity index is 1340. The van der Waals surface area contributed by atoms with Crippen LogP contribution in [0, 0.1) is 0 Å². The van der Waals surface area contributed by atoms with Gasteiger partial charge in [0, 0.05) is 25.6 Å². The van der Waals surface area contributed by atoms with Gasteiger partial charge in [-0.1, -0.05) is 24.3 Å². The fraction of sp³-hybridized carbons (Fsp3) is 0.355. The van der Waals surface area contributed by atoms with E-state index in [-0.39, 0.29) is 44.4 Å². The van der Waals surface area contributed by atoms with E-state index in [4.69, 9.17) is 28.4 Å². The zero-order valence-corrected chi connectivity index (χ0v) is 25.4. The molecule has 0 radical (unpaired) electrons. The average Bonchev–Trinajstić information content (AvgIpc) is 3.01. The first kappa shape index (κ1) is 32.8. The number of hydrogen-bond acceptors (Lipinski definition) is 10. The second-order valence-electron chi connectivity index (χ2n) is 9.94. The Balaban J connectivity index is 1.36. The second kappa shape index (κ2) is 15.6. The predicted molar refractivity (Wildman–Crippen MR) is 159 cm³/mol. The van der Waals surface area contributed by atoms with Crippen molar-refractivity contribution in [2.75, 3.05) is 47.4 Å². The molecule has 0 spiro atoms. The second-order valence-corrected chi connectivity index (χ2v) is 9.94. The van der Waals surface area contributed by atoms with Crippen LogP contribution in [0.15, 0.2) is 71.1 Å². The van der Waals surface area contributed by atoms with Crippen LogP contribution < -0.4 is 30.7 Å². The summed E-state index contributed by atoms with van der Waals surface area (Å²) in [5.41, 5.74) is 2.69. The van der Waals surface area contributed by atoms with Crippen LogP contribution >= 0.6 is 0 Å². The molecule has 0 saturated heterocycles. The summed E-state index contributed by atoms with van der Waals surface area (Å²) in [5.74, 6) is -0.132. The monoisotopic (exact) mass is 624 g/mol. The van der Waals surface area contributed by atoms with E-state index in [1.165, 1.54) is 14.2 Å². The molecule has 0 aromatic heterocycles. The van der Waals surface area contributed by atoms with Crippen molar-refractivity contribution in [3.8, 4) is 11.5 Å². The summed E-state index contributed by atoms with van der Waals surface area (Å²) in [7, 11) is 3.01. The third-order valence-electron chi connectivity index (χ3n) is 6.90. The molecule has 45 heavy (non-hydrogen) atoms. The molecule has 0 fully saturated rings. The Morgan fingerprint density at radius 1 is 0.622 bits per heavy atom. The maximum atomic E-state index is 12.7. The summed E-state index contributed by atoms with van der Waals surface area (Å²) in [4.78, 5) is 49.8. The summed E-state index contributed by atoms with van der Waals surface area (Å²) in [6, 6.07) is 11.4. The number of rotatable bonds is 14. The summed E-state index contributed by atoms with van der Waals surface area (Å²) in [6.45, 7) is 3.83. The van der Waals surface area contributed by atoms with Crippen molar-refractivity contribution in [1.82, 2.24) is 21.3 Å². The first-order valence-electron chi connectivity index (χ1n) is 14.1. The normalized spacial score (nSPS) is 17.9. The van der Waals surface area contributed by atoms with Crippen LogP contribution in [0.25, 0.3) is 0 Å². The zero-order chi connectivity index (χ0) is 32.3. The highest BCUT2D eigenvalue weighted by atomic mass is 16.7. The Morgan fingerprint density at radius 2 is 1.00 bits per heavy atom.